The van der Waals surface area contributed by atoms with E-state index in [4.69, 9.17) is 4.74 Å². The molecule has 1 heterocycles. The van der Waals surface area contributed by atoms with Crippen molar-refractivity contribution in [3.63, 3.8) is 0 Å². The topological polar surface area (TPSA) is 98.3 Å². The Morgan fingerprint density at radius 3 is 2.14 bits per heavy atom. The molecular formula is C28H24N2NaO4S-. The third kappa shape index (κ3) is 5.94. The molecule has 1 aromatic heterocycles. The van der Waals surface area contributed by atoms with E-state index in [9.17, 15) is 9.59 Å². The zero-order chi connectivity index (χ0) is 23.5. The van der Waals surface area contributed by atoms with E-state index in [-0.39, 0.29) is 46.6 Å². The van der Waals surface area contributed by atoms with Crippen molar-refractivity contribution in [2.24, 2.45) is 0 Å². The average molecular weight is 508 g/mol. The Morgan fingerprint density at radius 1 is 0.972 bits per heavy atom. The summed E-state index contributed by atoms with van der Waals surface area (Å²) in [4.78, 5) is 28.9. The van der Waals surface area contributed by atoms with Crippen molar-refractivity contribution in [3.8, 4) is 21.6 Å². The standard InChI is InChI=1S/C28H23N2O3S.Na.H2O/c1-19(20-5-3-2-4-6-20)33-27(32)30-26-25(34-18-29-26)23-9-7-21(8-10-23)22-11-13-24(14-12-22)28(17-31)15-16-28;;/h2-14,18-19H,15-16H2,1H3,(H,30,32);;1H2/q-1;+1;/p-1/t19-;;/m1../s1. The molecule has 3 aromatic carbocycles. The van der Waals surface area contributed by atoms with Crippen LogP contribution >= 0.6 is 11.3 Å². The summed E-state index contributed by atoms with van der Waals surface area (Å²) in [5, 5.41) is 2.77. The normalized spacial score (nSPS) is 13.9. The molecule has 0 unspecified atom stereocenters. The number of ether oxygens (including phenoxy) is 1. The van der Waals surface area contributed by atoms with Gasteiger partial charge >= 0.3 is 35.7 Å². The minimum absolute atomic E-state index is 0. The van der Waals surface area contributed by atoms with Gasteiger partial charge in [0.25, 0.3) is 0 Å². The Balaban J connectivity index is 0.00000180. The van der Waals surface area contributed by atoms with E-state index >= 15 is 0 Å². The summed E-state index contributed by atoms with van der Waals surface area (Å²) in [7, 11) is 0. The van der Waals surface area contributed by atoms with Crippen LogP contribution in [0.5, 0.6) is 0 Å². The maximum absolute atomic E-state index is 12.4. The number of anilines is 1. The van der Waals surface area contributed by atoms with Gasteiger partial charge in [0.2, 0.25) is 0 Å². The Kier molecular flexibility index (Phi) is 9.22. The van der Waals surface area contributed by atoms with Gasteiger partial charge in [-0.15, -0.1) is 16.8 Å². The van der Waals surface area contributed by atoms with Gasteiger partial charge in [0.1, 0.15) is 6.10 Å². The molecule has 1 atom stereocenters. The van der Waals surface area contributed by atoms with E-state index in [0.717, 1.165) is 45.5 Å². The maximum Gasteiger partial charge on any atom is 1.00 e. The largest absolute Gasteiger partial charge is 1.00 e. The summed E-state index contributed by atoms with van der Waals surface area (Å²) in [6.45, 7) is 1.84. The molecule has 5 rings (SSSR count). The second-order valence-corrected chi connectivity index (χ2v) is 9.31. The molecule has 8 heteroatoms. The third-order valence-corrected chi connectivity index (χ3v) is 7.08. The van der Waals surface area contributed by atoms with Gasteiger partial charge in [-0.1, -0.05) is 97.3 Å². The molecule has 178 valence electrons. The molecule has 2 N–H and O–H groups in total. The van der Waals surface area contributed by atoms with Crippen LogP contribution in [0.15, 0.2) is 84.4 Å². The van der Waals surface area contributed by atoms with Gasteiger partial charge in [-0.3, -0.25) is 11.6 Å². The minimum atomic E-state index is -0.541. The summed E-state index contributed by atoms with van der Waals surface area (Å²) < 4.78 is 5.51. The molecule has 0 spiro atoms. The Labute approximate surface area is 236 Å². The van der Waals surface area contributed by atoms with Crippen molar-refractivity contribution < 1.29 is 49.4 Å². The summed E-state index contributed by atoms with van der Waals surface area (Å²) in [5.74, 6) is 0.479. The van der Waals surface area contributed by atoms with Crippen LogP contribution in [0.3, 0.4) is 0 Å². The van der Waals surface area contributed by atoms with Crippen molar-refractivity contribution in [1.82, 2.24) is 4.98 Å². The Morgan fingerprint density at radius 2 is 1.56 bits per heavy atom. The molecule has 4 aromatic rings. The first kappa shape index (κ1) is 27.8. The average Bonchev–Trinajstić information content (AvgIpc) is 3.56. The molecule has 0 aliphatic heterocycles. The molecular weight excluding hydrogens is 483 g/mol. The van der Waals surface area contributed by atoms with Crippen LogP contribution in [-0.4, -0.2) is 22.8 Å². The molecule has 1 aliphatic rings. The van der Waals surface area contributed by atoms with Crippen LogP contribution < -0.4 is 34.9 Å². The quantitative estimate of drug-likeness (QED) is 0.303. The van der Waals surface area contributed by atoms with E-state index in [2.05, 4.69) is 16.6 Å². The number of hydrogen-bond donors (Lipinski definition) is 1. The van der Waals surface area contributed by atoms with Crippen LogP contribution in [-0.2, 0) is 14.9 Å². The molecule has 36 heavy (non-hydrogen) atoms. The fourth-order valence-electron chi connectivity index (χ4n) is 3.99. The number of nitrogens with zero attached hydrogens (tertiary/aromatic N) is 1. The van der Waals surface area contributed by atoms with Crippen LogP contribution in [0.1, 0.15) is 37.0 Å². The summed E-state index contributed by atoms with van der Waals surface area (Å²) in [5.41, 5.74) is 6.41. The van der Waals surface area contributed by atoms with Gasteiger partial charge in [-0.25, -0.2) is 9.78 Å². The third-order valence-electron chi connectivity index (χ3n) is 6.20. The zero-order valence-corrected chi connectivity index (χ0v) is 22.9. The number of aromatic nitrogens is 1. The molecule has 1 amide bonds. The molecule has 0 bridgehead atoms. The van der Waals surface area contributed by atoms with Crippen molar-refractivity contribution in [3.05, 3.63) is 95.5 Å². The van der Waals surface area contributed by atoms with Crippen molar-refractivity contribution >= 4 is 29.5 Å². The van der Waals surface area contributed by atoms with E-state index in [1.54, 1.807) is 5.51 Å². The summed E-state index contributed by atoms with van der Waals surface area (Å²) in [6, 6.07) is 25.9. The number of nitrogens with one attached hydrogen (secondary N) is 1. The number of amides is 1. The van der Waals surface area contributed by atoms with Gasteiger partial charge in [-0.2, -0.15) is 0 Å². The number of thiazole rings is 1. The van der Waals surface area contributed by atoms with Crippen LogP contribution in [0.4, 0.5) is 10.6 Å². The first-order chi connectivity index (χ1) is 16.6. The second-order valence-electron chi connectivity index (χ2n) is 8.45. The number of hydrogen-bond acceptors (Lipinski definition) is 6. The van der Waals surface area contributed by atoms with Gasteiger partial charge in [0, 0.05) is 0 Å². The predicted octanol–water partition coefficient (Wildman–Crippen LogP) is 3.76. The number of rotatable bonds is 7. The molecule has 6 nitrogen and oxygen atoms in total. The van der Waals surface area contributed by atoms with Crippen LogP contribution in [0.25, 0.3) is 21.6 Å². The van der Waals surface area contributed by atoms with Gasteiger partial charge in [0.05, 0.1) is 10.4 Å². The predicted molar refractivity (Wildman–Crippen MR) is 136 cm³/mol. The van der Waals surface area contributed by atoms with Crippen LogP contribution in [0.2, 0.25) is 0 Å². The minimum Gasteiger partial charge on any atom is -0.870 e. The van der Waals surface area contributed by atoms with Gasteiger partial charge < -0.3 is 15.0 Å². The van der Waals surface area contributed by atoms with E-state index in [1.165, 1.54) is 11.3 Å². The molecule has 1 aliphatic carbocycles. The maximum atomic E-state index is 12.4. The zero-order valence-electron chi connectivity index (χ0n) is 20.1. The van der Waals surface area contributed by atoms with E-state index in [1.807, 2.05) is 85.8 Å². The van der Waals surface area contributed by atoms with Gasteiger partial charge in [-0.05, 0) is 29.2 Å². The summed E-state index contributed by atoms with van der Waals surface area (Å²) in [6.07, 6.45) is 3.05. The monoisotopic (exact) mass is 507 g/mol. The van der Waals surface area contributed by atoms with E-state index < -0.39 is 6.09 Å². The second kappa shape index (κ2) is 12.0. The molecule has 1 saturated carbocycles. The molecule has 0 saturated heterocycles. The molecule has 1 fully saturated rings. The fourth-order valence-corrected chi connectivity index (χ4v) is 4.74. The Hall–Kier alpha value is -2.81. The van der Waals surface area contributed by atoms with Crippen molar-refractivity contribution in [2.45, 2.75) is 31.3 Å². The SMILES string of the molecule is C[C@@H](OC(=O)Nc1ncsc1-c1ccc(-c2ccc(C3([C-]=O)CC3)cc2)cc1)c1ccccc1.[Na+].[OH-]. The first-order valence-electron chi connectivity index (χ1n) is 11.1. The summed E-state index contributed by atoms with van der Waals surface area (Å²) >= 11 is 1.46. The Bertz CT molecular complexity index is 1300. The smallest absolute Gasteiger partial charge is 0.870 e. The van der Waals surface area contributed by atoms with Crippen molar-refractivity contribution in [1.29, 1.82) is 0 Å². The first-order valence-corrected chi connectivity index (χ1v) is 12.0. The van der Waals surface area contributed by atoms with Crippen molar-refractivity contribution in [2.75, 3.05) is 5.32 Å². The fraction of sp³-hybridized carbons (Fsp3) is 0.179. The number of carbonyl (C=O) groups excluding carboxylic acids is 2. The number of benzene rings is 3. The van der Waals surface area contributed by atoms with Crippen LogP contribution in [0, 0.1) is 0 Å². The molecule has 0 radical (unpaired) electrons. The van der Waals surface area contributed by atoms with Gasteiger partial charge in [0.15, 0.2) is 5.82 Å². The van der Waals surface area contributed by atoms with E-state index in [0.29, 0.717) is 5.82 Å². The number of carbonyl (C=O) groups is 1.